The monoisotopic (exact) mass is 383 g/mol. The second kappa shape index (κ2) is 8.13. The van der Waals surface area contributed by atoms with E-state index >= 15 is 0 Å². The van der Waals surface area contributed by atoms with Gasteiger partial charge in [-0.25, -0.2) is 0 Å². The molecule has 3 aromatic rings. The van der Waals surface area contributed by atoms with Crippen LogP contribution in [0, 0.1) is 13.8 Å². The van der Waals surface area contributed by atoms with Crippen LogP contribution in [0.4, 0.5) is 11.5 Å². The lowest BCUT2D eigenvalue weighted by atomic mass is 10.1. The lowest BCUT2D eigenvalue weighted by Gasteiger charge is -2.11. The van der Waals surface area contributed by atoms with E-state index in [1.165, 1.54) is 11.8 Å². The van der Waals surface area contributed by atoms with Crippen LogP contribution in [-0.2, 0) is 5.75 Å². The Bertz CT molecular complexity index is 999. The number of para-hydroxylation sites is 1. The predicted octanol–water partition coefficient (Wildman–Crippen LogP) is 3.01. The van der Waals surface area contributed by atoms with Crippen LogP contribution >= 0.6 is 11.8 Å². The number of aromatic nitrogens is 3. The van der Waals surface area contributed by atoms with Crippen molar-refractivity contribution < 1.29 is 4.74 Å². The minimum absolute atomic E-state index is 0.0872. The van der Waals surface area contributed by atoms with Crippen LogP contribution in [0.15, 0.2) is 52.4 Å². The van der Waals surface area contributed by atoms with Crippen molar-refractivity contribution in [3.8, 4) is 5.75 Å². The molecule has 0 saturated heterocycles. The molecule has 0 saturated carbocycles. The Kier molecular flexibility index (Phi) is 5.66. The van der Waals surface area contributed by atoms with E-state index in [2.05, 4.69) is 21.6 Å². The number of hydrogen-bond acceptors (Lipinski definition) is 7. The normalized spacial score (nSPS) is 10.6. The van der Waals surface area contributed by atoms with Crippen molar-refractivity contribution in [3.63, 3.8) is 0 Å². The third kappa shape index (κ3) is 4.40. The SMILES string of the molecule is COc1ccccc1CSc1nnc(Nc2cc(C)cc(C)c2)c(=O)n1N. The van der Waals surface area contributed by atoms with E-state index in [-0.39, 0.29) is 5.82 Å². The number of benzene rings is 2. The summed E-state index contributed by atoms with van der Waals surface area (Å²) in [5, 5.41) is 11.4. The van der Waals surface area contributed by atoms with Gasteiger partial charge < -0.3 is 15.9 Å². The smallest absolute Gasteiger partial charge is 0.315 e. The molecule has 140 valence electrons. The van der Waals surface area contributed by atoms with E-state index in [0.29, 0.717) is 10.9 Å². The van der Waals surface area contributed by atoms with Gasteiger partial charge in [0.15, 0.2) is 0 Å². The third-order valence-corrected chi connectivity index (χ3v) is 4.89. The van der Waals surface area contributed by atoms with Gasteiger partial charge in [0, 0.05) is 17.0 Å². The summed E-state index contributed by atoms with van der Waals surface area (Å²) in [5.41, 5.74) is 3.49. The second-order valence-electron chi connectivity index (χ2n) is 6.11. The Morgan fingerprint density at radius 2 is 1.85 bits per heavy atom. The highest BCUT2D eigenvalue weighted by Gasteiger charge is 2.12. The Balaban J connectivity index is 1.79. The zero-order valence-corrected chi connectivity index (χ0v) is 16.2. The van der Waals surface area contributed by atoms with Crippen LogP contribution in [0.2, 0.25) is 0 Å². The van der Waals surface area contributed by atoms with Crippen LogP contribution in [0.1, 0.15) is 16.7 Å². The van der Waals surface area contributed by atoms with Gasteiger partial charge in [0.2, 0.25) is 11.0 Å². The Hall–Kier alpha value is -3.00. The number of methoxy groups -OCH3 is 1. The Morgan fingerprint density at radius 1 is 1.15 bits per heavy atom. The fourth-order valence-corrected chi connectivity index (χ4v) is 3.55. The summed E-state index contributed by atoms with van der Waals surface area (Å²) in [4.78, 5) is 12.5. The van der Waals surface area contributed by atoms with Gasteiger partial charge in [-0.1, -0.05) is 36.0 Å². The van der Waals surface area contributed by atoms with Gasteiger partial charge in [-0.3, -0.25) is 4.79 Å². The largest absolute Gasteiger partial charge is 0.496 e. The van der Waals surface area contributed by atoms with Crippen molar-refractivity contribution in [1.29, 1.82) is 0 Å². The fraction of sp³-hybridized carbons (Fsp3) is 0.211. The van der Waals surface area contributed by atoms with Gasteiger partial charge in [0.05, 0.1) is 7.11 Å². The molecule has 0 unspecified atom stereocenters. The number of aryl methyl sites for hydroxylation is 2. The molecule has 0 radical (unpaired) electrons. The molecule has 0 aliphatic carbocycles. The van der Waals surface area contributed by atoms with E-state index in [9.17, 15) is 4.79 Å². The summed E-state index contributed by atoms with van der Waals surface area (Å²) >= 11 is 1.32. The minimum atomic E-state index is -0.438. The van der Waals surface area contributed by atoms with E-state index in [4.69, 9.17) is 10.6 Å². The standard InChI is InChI=1S/C19H21N5O2S/c1-12-8-13(2)10-15(9-12)21-17-18(25)24(20)19(23-22-17)27-11-14-6-4-5-7-16(14)26-3/h4-10H,11,20H2,1-3H3,(H,21,22). The van der Waals surface area contributed by atoms with Crippen molar-refractivity contribution in [2.75, 3.05) is 18.3 Å². The minimum Gasteiger partial charge on any atom is -0.496 e. The maximum atomic E-state index is 12.5. The number of nitrogens with two attached hydrogens (primary N) is 1. The quantitative estimate of drug-likeness (QED) is 0.499. The first kappa shape index (κ1) is 18.8. The molecular weight excluding hydrogens is 362 g/mol. The topological polar surface area (TPSA) is 95.1 Å². The van der Waals surface area contributed by atoms with Gasteiger partial charge in [0.1, 0.15) is 5.75 Å². The summed E-state index contributed by atoms with van der Waals surface area (Å²) in [6.45, 7) is 3.98. The number of anilines is 2. The first-order chi connectivity index (χ1) is 13.0. The number of ether oxygens (including phenoxy) is 1. The number of hydrogen-bond donors (Lipinski definition) is 2. The molecule has 2 aromatic carbocycles. The van der Waals surface area contributed by atoms with E-state index in [0.717, 1.165) is 32.8 Å². The van der Waals surface area contributed by atoms with Crippen molar-refractivity contribution >= 4 is 23.3 Å². The number of nitrogens with one attached hydrogen (secondary N) is 1. The van der Waals surface area contributed by atoms with Crippen molar-refractivity contribution in [2.45, 2.75) is 24.8 Å². The first-order valence-corrected chi connectivity index (χ1v) is 9.31. The second-order valence-corrected chi connectivity index (χ2v) is 7.05. The maximum absolute atomic E-state index is 12.5. The fourth-order valence-electron chi connectivity index (χ4n) is 2.71. The molecule has 8 heteroatoms. The Labute approximate surface area is 161 Å². The molecule has 3 rings (SSSR count). The summed E-state index contributed by atoms with van der Waals surface area (Å²) < 4.78 is 6.35. The van der Waals surface area contributed by atoms with Gasteiger partial charge in [-0.15, -0.1) is 10.2 Å². The number of nitrogen functional groups attached to an aromatic ring is 1. The molecule has 1 heterocycles. The molecule has 0 bridgehead atoms. The summed E-state index contributed by atoms with van der Waals surface area (Å²) in [7, 11) is 1.62. The van der Waals surface area contributed by atoms with Gasteiger partial charge in [-0.2, -0.15) is 4.68 Å². The number of nitrogens with zero attached hydrogens (tertiary/aromatic N) is 3. The molecular formula is C19H21N5O2S. The molecule has 0 spiro atoms. The van der Waals surface area contributed by atoms with E-state index in [1.807, 2.05) is 50.2 Å². The van der Waals surface area contributed by atoms with E-state index < -0.39 is 5.56 Å². The number of rotatable bonds is 6. The predicted molar refractivity (Wildman–Crippen MR) is 108 cm³/mol. The van der Waals surface area contributed by atoms with Crippen LogP contribution < -0.4 is 21.5 Å². The highest BCUT2D eigenvalue weighted by Crippen LogP contribution is 2.26. The lowest BCUT2D eigenvalue weighted by Crippen LogP contribution is -2.32. The molecule has 1 aromatic heterocycles. The van der Waals surface area contributed by atoms with Crippen LogP contribution in [0.3, 0.4) is 0 Å². The zero-order valence-electron chi connectivity index (χ0n) is 15.4. The van der Waals surface area contributed by atoms with Crippen LogP contribution in [0.5, 0.6) is 5.75 Å². The Morgan fingerprint density at radius 3 is 2.56 bits per heavy atom. The molecule has 0 amide bonds. The highest BCUT2D eigenvalue weighted by atomic mass is 32.2. The van der Waals surface area contributed by atoms with Crippen molar-refractivity contribution in [1.82, 2.24) is 14.9 Å². The first-order valence-electron chi connectivity index (χ1n) is 8.32. The van der Waals surface area contributed by atoms with Gasteiger partial charge >= 0.3 is 5.56 Å². The summed E-state index contributed by atoms with van der Waals surface area (Å²) in [6.07, 6.45) is 0. The average molecular weight is 383 g/mol. The van der Waals surface area contributed by atoms with Gasteiger partial charge in [-0.05, 0) is 43.2 Å². The molecule has 0 atom stereocenters. The molecule has 0 aliphatic heterocycles. The highest BCUT2D eigenvalue weighted by molar-refractivity contribution is 7.98. The van der Waals surface area contributed by atoms with Crippen LogP contribution in [0.25, 0.3) is 0 Å². The summed E-state index contributed by atoms with van der Waals surface area (Å²) in [5.74, 6) is 7.36. The molecule has 0 fully saturated rings. The van der Waals surface area contributed by atoms with Crippen LogP contribution in [-0.4, -0.2) is 22.0 Å². The molecule has 27 heavy (non-hydrogen) atoms. The van der Waals surface area contributed by atoms with E-state index in [1.54, 1.807) is 7.11 Å². The zero-order chi connectivity index (χ0) is 19.4. The van der Waals surface area contributed by atoms with Gasteiger partial charge in [0.25, 0.3) is 0 Å². The molecule has 3 N–H and O–H groups in total. The summed E-state index contributed by atoms with van der Waals surface area (Å²) in [6, 6.07) is 13.6. The van der Waals surface area contributed by atoms with Crippen molar-refractivity contribution in [3.05, 3.63) is 69.5 Å². The third-order valence-electron chi connectivity index (χ3n) is 3.90. The molecule has 0 aliphatic rings. The number of thioether (sulfide) groups is 1. The molecule has 7 nitrogen and oxygen atoms in total. The average Bonchev–Trinajstić information content (AvgIpc) is 2.64. The lowest BCUT2D eigenvalue weighted by molar-refractivity contribution is 0.411. The van der Waals surface area contributed by atoms with Crippen molar-refractivity contribution in [2.24, 2.45) is 0 Å². The maximum Gasteiger partial charge on any atom is 0.315 e.